The van der Waals surface area contributed by atoms with Crippen LogP contribution in [0.5, 0.6) is 0 Å². The second kappa shape index (κ2) is 5.05. The van der Waals surface area contributed by atoms with E-state index in [0.717, 1.165) is 5.56 Å². The number of fused-ring (bicyclic) bond motifs is 1. The molecule has 2 aromatic carbocycles. The minimum Gasteiger partial charge on any atom is -0.481 e. The van der Waals surface area contributed by atoms with Gasteiger partial charge >= 0.3 is 5.97 Å². The summed E-state index contributed by atoms with van der Waals surface area (Å²) in [5, 5.41) is 9.68. The van der Waals surface area contributed by atoms with Crippen LogP contribution in [0.3, 0.4) is 0 Å². The summed E-state index contributed by atoms with van der Waals surface area (Å²) >= 11 is 0. The molecule has 0 radical (unpaired) electrons. The van der Waals surface area contributed by atoms with E-state index in [0.29, 0.717) is 11.1 Å². The van der Waals surface area contributed by atoms with Gasteiger partial charge in [0, 0.05) is 12.6 Å². The molecule has 0 unspecified atom stereocenters. The maximum absolute atomic E-state index is 12.5. The molecule has 0 fully saturated rings. The highest BCUT2D eigenvalue weighted by Gasteiger charge is 2.42. The highest BCUT2D eigenvalue weighted by atomic mass is 16.4. The normalized spacial score (nSPS) is 21.0. The van der Waals surface area contributed by atoms with Crippen molar-refractivity contribution in [3.63, 3.8) is 0 Å². The van der Waals surface area contributed by atoms with Crippen LogP contribution in [-0.2, 0) is 4.79 Å². The Morgan fingerprint density at radius 3 is 2.33 bits per heavy atom. The van der Waals surface area contributed by atoms with Crippen molar-refractivity contribution in [2.75, 3.05) is 7.05 Å². The van der Waals surface area contributed by atoms with Gasteiger partial charge in [-0.25, -0.2) is 0 Å². The molecule has 1 N–H and O–H groups in total. The average molecular weight is 281 g/mol. The van der Waals surface area contributed by atoms with Crippen LogP contribution in [0.4, 0.5) is 0 Å². The number of amides is 1. The summed E-state index contributed by atoms with van der Waals surface area (Å²) in [6, 6.07) is 15.8. The monoisotopic (exact) mass is 281 g/mol. The Labute approximate surface area is 122 Å². The SMILES string of the molecule is CN1C(=O)c2ccccc2[C@@H](C(=O)O)[C@H]1c1ccccc1. The molecule has 21 heavy (non-hydrogen) atoms. The van der Waals surface area contributed by atoms with E-state index in [4.69, 9.17) is 0 Å². The van der Waals surface area contributed by atoms with Crippen LogP contribution in [0, 0.1) is 0 Å². The Balaban J connectivity index is 2.20. The maximum Gasteiger partial charge on any atom is 0.313 e. The first-order valence-corrected chi connectivity index (χ1v) is 6.75. The topological polar surface area (TPSA) is 57.6 Å². The molecule has 2 atom stereocenters. The van der Waals surface area contributed by atoms with Gasteiger partial charge in [0.15, 0.2) is 0 Å². The summed E-state index contributed by atoms with van der Waals surface area (Å²) in [5.41, 5.74) is 1.89. The molecular weight excluding hydrogens is 266 g/mol. The number of carbonyl (C=O) groups excluding carboxylic acids is 1. The molecule has 0 saturated heterocycles. The van der Waals surface area contributed by atoms with Crippen molar-refractivity contribution in [3.05, 3.63) is 71.3 Å². The van der Waals surface area contributed by atoms with Gasteiger partial charge in [0.1, 0.15) is 5.92 Å². The molecule has 1 aliphatic heterocycles. The fourth-order valence-corrected chi connectivity index (χ4v) is 3.01. The van der Waals surface area contributed by atoms with Crippen LogP contribution in [-0.4, -0.2) is 28.9 Å². The Hall–Kier alpha value is -2.62. The lowest BCUT2D eigenvalue weighted by atomic mass is 9.80. The number of aliphatic carboxylic acids is 1. The van der Waals surface area contributed by atoms with Crippen LogP contribution in [0.25, 0.3) is 0 Å². The van der Waals surface area contributed by atoms with Gasteiger partial charge in [0.05, 0.1) is 6.04 Å². The van der Waals surface area contributed by atoms with Crippen LogP contribution >= 0.6 is 0 Å². The lowest BCUT2D eigenvalue weighted by Crippen LogP contribution is -2.42. The average Bonchev–Trinajstić information content (AvgIpc) is 2.51. The van der Waals surface area contributed by atoms with Crippen LogP contribution in [0.15, 0.2) is 54.6 Å². The summed E-state index contributed by atoms with van der Waals surface area (Å²) in [4.78, 5) is 25.8. The zero-order valence-electron chi connectivity index (χ0n) is 11.6. The van der Waals surface area contributed by atoms with Gasteiger partial charge in [0.2, 0.25) is 0 Å². The number of likely N-dealkylation sites (N-methyl/N-ethyl adjacent to an activating group) is 1. The summed E-state index contributed by atoms with van der Waals surface area (Å²) in [6.45, 7) is 0. The first kappa shape index (κ1) is 13.4. The largest absolute Gasteiger partial charge is 0.481 e. The van der Waals surface area contributed by atoms with Gasteiger partial charge in [-0.05, 0) is 17.2 Å². The van der Waals surface area contributed by atoms with Crippen molar-refractivity contribution in [1.29, 1.82) is 0 Å². The number of nitrogens with zero attached hydrogens (tertiary/aromatic N) is 1. The van der Waals surface area contributed by atoms with Crippen molar-refractivity contribution in [3.8, 4) is 0 Å². The van der Waals surface area contributed by atoms with Crippen molar-refractivity contribution < 1.29 is 14.7 Å². The summed E-state index contributed by atoms with van der Waals surface area (Å²) in [6.07, 6.45) is 0. The Kier molecular flexibility index (Phi) is 3.22. The van der Waals surface area contributed by atoms with E-state index in [2.05, 4.69) is 0 Å². The second-order valence-corrected chi connectivity index (χ2v) is 5.17. The molecule has 1 amide bonds. The maximum atomic E-state index is 12.5. The minimum absolute atomic E-state index is 0.142. The van der Waals surface area contributed by atoms with E-state index < -0.39 is 17.9 Å². The molecule has 0 spiro atoms. The zero-order chi connectivity index (χ0) is 15.0. The molecule has 0 aromatic heterocycles. The van der Waals surface area contributed by atoms with Crippen LogP contribution < -0.4 is 0 Å². The van der Waals surface area contributed by atoms with Crippen molar-refractivity contribution in [1.82, 2.24) is 4.90 Å². The van der Waals surface area contributed by atoms with E-state index in [-0.39, 0.29) is 5.91 Å². The van der Waals surface area contributed by atoms with E-state index in [1.807, 2.05) is 30.3 Å². The van der Waals surface area contributed by atoms with Crippen molar-refractivity contribution in [2.24, 2.45) is 0 Å². The Morgan fingerprint density at radius 2 is 1.67 bits per heavy atom. The van der Waals surface area contributed by atoms with Gasteiger partial charge in [-0.3, -0.25) is 9.59 Å². The summed E-state index contributed by atoms with van der Waals surface area (Å²) in [5.74, 6) is -1.82. The standard InChI is InChI=1S/C17H15NO3/c1-18-15(11-7-3-2-4-8-11)14(17(20)21)12-9-5-6-10-13(12)16(18)19/h2-10,14-15H,1H3,(H,20,21)/t14-,15-/m1/s1. The molecule has 106 valence electrons. The highest BCUT2D eigenvalue weighted by Crippen LogP contribution is 2.41. The predicted octanol–water partition coefficient (Wildman–Crippen LogP) is 2.68. The molecule has 3 rings (SSSR count). The minimum atomic E-state index is -0.921. The van der Waals surface area contributed by atoms with Crippen molar-refractivity contribution >= 4 is 11.9 Å². The van der Waals surface area contributed by atoms with Crippen molar-refractivity contribution in [2.45, 2.75) is 12.0 Å². The molecule has 2 aromatic rings. The molecule has 0 aliphatic carbocycles. The van der Waals surface area contributed by atoms with Crippen LogP contribution in [0.2, 0.25) is 0 Å². The molecule has 0 saturated carbocycles. The van der Waals surface area contributed by atoms with Gasteiger partial charge in [-0.1, -0.05) is 48.5 Å². The predicted molar refractivity (Wildman–Crippen MR) is 78.1 cm³/mol. The van der Waals surface area contributed by atoms with E-state index >= 15 is 0 Å². The zero-order valence-corrected chi connectivity index (χ0v) is 11.6. The number of hydrogen-bond donors (Lipinski definition) is 1. The third-order valence-electron chi connectivity index (χ3n) is 3.99. The fourth-order valence-electron chi connectivity index (χ4n) is 3.01. The molecule has 4 heteroatoms. The third kappa shape index (κ3) is 2.09. The molecule has 1 heterocycles. The van der Waals surface area contributed by atoms with E-state index in [1.165, 1.54) is 4.90 Å². The number of rotatable bonds is 2. The van der Waals surface area contributed by atoms with E-state index in [9.17, 15) is 14.7 Å². The van der Waals surface area contributed by atoms with Gasteiger partial charge in [-0.2, -0.15) is 0 Å². The Morgan fingerprint density at radius 1 is 1.05 bits per heavy atom. The Bertz CT molecular complexity index is 696. The molecular formula is C17H15NO3. The number of carbonyl (C=O) groups is 2. The fraction of sp³-hybridized carbons (Fsp3) is 0.176. The quantitative estimate of drug-likeness (QED) is 0.920. The van der Waals surface area contributed by atoms with Gasteiger partial charge < -0.3 is 10.0 Å². The van der Waals surface area contributed by atoms with Crippen LogP contribution in [0.1, 0.15) is 33.4 Å². The number of carboxylic acid groups (broad SMARTS) is 1. The molecule has 0 bridgehead atoms. The molecule has 4 nitrogen and oxygen atoms in total. The summed E-state index contributed by atoms with van der Waals surface area (Å²) in [7, 11) is 1.66. The lowest BCUT2D eigenvalue weighted by molar-refractivity contribution is -0.140. The number of benzene rings is 2. The van der Waals surface area contributed by atoms with Gasteiger partial charge in [0.25, 0.3) is 5.91 Å². The lowest BCUT2D eigenvalue weighted by Gasteiger charge is -2.38. The van der Waals surface area contributed by atoms with Gasteiger partial charge in [-0.15, -0.1) is 0 Å². The van der Waals surface area contributed by atoms with E-state index in [1.54, 1.807) is 31.3 Å². The molecule has 1 aliphatic rings. The number of hydrogen-bond acceptors (Lipinski definition) is 2. The first-order chi connectivity index (χ1) is 10.1. The first-order valence-electron chi connectivity index (χ1n) is 6.75. The summed E-state index contributed by atoms with van der Waals surface area (Å²) < 4.78 is 0. The third-order valence-corrected chi connectivity index (χ3v) is 3.99. The number of carboxylic acids is 1. The highest BCUT2D eigenvalue weighted by molar-refractivity contribution is 6.00. The second-order valence-electron chi connectivity index (χ2n) is 5.17. The smallest absolute Gasteiger partial charge is 0.313 e.